The van der Waals surface area contributed by atoms with Gasteiger partial charge in [0.25, 0.3) is 0 Å². The van der Waals surface area contributed by atoms with E-state index in [9.17, 15) is 4.79 Å². The highest BCUT2D eigenvalue weighted by Gasteiger charge is 2.48. The second-order valence-electron chi connectivity index (χ2n) is 11.7. The normalized spacial score (nSPS) is 20.9. The lowest BCUT2D eigenvalue weighted by Gasteiger charge is -2.56. The molecule has 0 radical (unpaired) electrons. The molecule has 4 heterocycles. The Bertz CT molecular complexity index is 1100. The number of piperidine rings is 1. The molecule has 6 rings (SSSR count). The van der Waals surface area contributed by atoms with Crippen LogP contribution in [0.15, 0.2) is 36.4 Å². The third-order valence-corrected chi connectivity index (χ3v) is 7.83. The van der Waals surface area contributed by atoms with Gasteiger partial charge in [0.15, 0.2) is 13.6 Å². The van der Waals surface area contributed by atoms with Crippen LogP contribution >= 0.6 is 0 Å². The quantitative estimate of drug-likeness (QED) is 0.588. The Morgan fingerprint density at radius 3 is 1.95 bits per heavy atom. The summed E-state index contributed by atoms with van der Waals surface area (Å²) < 4.78 is 28.1. The van der Waals surface area contributed by atoms with Crippen LogP contribution in [-0.4, -0.2) is 61.3 Å². The van der Waals surface area contributed by atoms with Gasteiger partial charge in [-0.3, -0.25) is 4.90 Å². The second-order valence-corrected chi connectivity index (χ2v) is 11.7. The zero-order valence-electron chi connectivity index (χ0n) is 22.0. The average molecular weight is 509 g/mol. The van der Waals surface area contributed by atoms with Gasteiger partial charge >= 0.3 is 6.09 Å². The van der Waals surface area contributed by atoms with Gasteiger partial charge in [-0.2, -0.15) is 0 Å². The second kappa shape index (κ2) is 9.49. The van der Waals surface area contributed by atoms with Crippen molar-refractivity contribution in [2.45, 2.75) is 58.5 Å². The summed E-state index contributed by atoms with van der Waals surface area (Å²) in [4.78, 5) is 17.0. The number of rotatable bonds is 3. The van der Waals surface area contributed by atoms with Crippen molar-refractivity contribution < 1.29 is 28.5 Å². The summed E-state index contributed by atoms with van der Waals surface area (Å²) in [6.45, 7) is 10.9. The van der Waals surface area contributed by atoms with Crippen molar-refractivity contribution in [1.29, 1.82) is 0 Å². The molecule has 0 unspecified atom stereocenters. The summed E-state index contributed by atoms with van der Waals surface area (Å²) in [5.41, 5.74) is 4.39. The highest BCUT2D eigenvalue weighted by Crippen LogP contribution is 2.47. The number of likely N-dealkylation sites (tertiary alicyclic amines) is 2. The van der Waals surface area contributed by atoms with E-state index in [4.69, 9.17) is 23.7 Å². The molecule has 8 heteroatoms. The number of amides is 1. The number of ether oxygens (including phenoxy) is 5. The first kappa shape index (κ1) is 24.5. The zero-order chi connectivity index (χ0) is 25.6. The zero-order valence-corrected chi connectivity index (χ0v) is 22.0. The maximum Gasteiger partial charge on any atom is 0.410 e. The van der Waals surface area contributed by atoms with Crippen molar-refractivity contribution in [1.82, 2.24) is 9.80 Å². The van der Waals surface area contributed by atoms with Crippen LogP contribution in [-0.2, 0) is 27.4 Å². The maximum absolute atomic E-state index is 12.6. The Morgan fingerprint density at radius 1 is 0.892 bits per heavy atom. The van der Waals surface area contributed by atoms with Crippen molar-refractivity contribution in [2.75, 3.05) is 39.8 Å². The fourth-order valence-electron chi connectivity index (χ4n) is 5.98. The summed E-state index contributed by atoms with van der Waals surface area (Å²) in [6, 6.07) is 13.0. The molecular weight excluding hydrogens is 472 g/mol. The smallest absolute Gasteiger partial charge is 0.410 e. The number of carbonyl (C=O) groups excluding carboxylic acids is 1. The molecule has 37 heavy (non-hydrogen) atoms. The van der Waals surface area contributed by atoms with E-state index >= 15 is 0 Å². The molecule has 1 spiro atoms. The molecule has 2 fully saturated rings. The van der Waals surface area contributed by atoms with E-state index in [-0.39, 0.29) is 17.6 Å². The van der Waals surface area contributed by atoms with E-state index in [1.54, 1.807) is 0 Å². The lowest BCUT2D eigenvalue weighted by atomic mass is 9.70. The Kier molecular flexibility index (Phi) is 6.29. The fourth-order valence-corrected chi connectivity index (χ4v) is 5.98. The van der Waals surface area contributed by atoms with Gasteiger partial charge in [0.05, 0.1) is 19.3 Å². The van der Waals surface area contributed by atoms with E-state index in [1.165, 1.54) is 11.1 Å². The summed E-state index contributed by atoms with van der Waals surface area (Å²) in [7, 11) is 0. The van der Waals surface area contributed by atoms with Gasteiger partial charge in [0.2, 0.25) is 0 Å². The summed E-state index contributed by atoms with van der Waals surface area (Å²) in [5.74, 6) is 1.80. The third-order valence-electron chi connectivity index (χ3n) is 7.83. The molecule has 0 saturated carbocycles. The van der Waals surface area contributed by atoms with Gasteiger partial charge in [-0.1, -0.05) is 12.1 Å². The van der Waals surface area contributed by atoms with Crippen LogP contribution < -0.4 is 9.47 Å². The van der Waals surface area contributed by atoms with Gasteiger partial charge in [0, 0.05) is 37.3 Å². The lowest BCUT2D eigenvalue weighted by Crippen LogP contribution is -2.61. The molecule has 4 aliphatic heterocycles. The molecule has 8 nitrogen and oxygen atoms in total. The van der Waals surface area contributed by atoms with E-state index < -0.39 is 5.60 Å². The molecule has 0 atom stereocenters. The minimum Gasteiger partial charge on any atom is -0.467 e. The number of hydrogen-bond donors (Lipinski definition) is 0. The van der Waals surface area contributed by atoms with Gasteiger partial charge in [-0.25, -0.2) is 4.79 Å². The number of nitrogens with zero attached hydrogens (tertiary/aromatic N) is 2. The molecule has 198 valence electrons. The van der Waals surface area contributed by atoms with Crippen molar-refractivity contribution in [3.63, 3.8) is 0 Å². The Labute approximate surface area is 218 Å². The number of benzene rings is 2. The lowest BCUT2D eigenvalue weighted by molar-refractivity contribution is -0.0651. The van der Waals surface area contributed by atoms with Crippen LogP contribution in [0, 0.1) is 5.41 Å². The van der Waals surface area contributed by atoms with Gasteiger partial charge in [-0.15, -0.1) is 0 Å². The first-order chi connectivity index (χ1) is 17.8. The van der Waals surface area contributed by atoms with Crippen molar-refractivity contribution in [2.24, 2.45) is 5.41 Å². The van der Waals surface area contributed by atoms with Gasteiger partial charge < -0.3 is 28.6 Å². The topological polar surface area (TPSA) is 69.7 Å². The number of fused-ring (bicyclic) bond motifs is 2. The van der Waals surface area contributed by atoms with Crippen LogP contribution in [0.2, 0.25) is 0 Å². The maximum atomic E-state index is 12.6. The Hall–Kier alpha value is -2.81. The number of hydrogen-bond acceptors (Lipinski definition) is 7. The Morgan fingerprint density at radius 2 is 1.43 bits per heavy atom. The van der Waals surface area contributed by atoms with Crippen molar-refractivity contribution in [3.8, 4) is 11.5 Å². The first-order valence-electron chi connectivity index (χ1n) is 13.2. The predicted molar refractivity (Wildman–Crippen MR) is 136 cm³/mol. The van der Waals surface area contributed by atoms with E-state index in [2.05, 4.69) is 41.3 Å². The monoisotopic (exact) mass is 508 g/mol. The van der Waals surface area contributed by atoms with Crippen LogP contribution in [0.25, 0.3) is 0 Å². The van der Waals surface area contributed by atoms with E-state index in [0.29, 0.717) is 26.8 Å². The van der Waals surface area contributed by atoms with Crippen LogP contribution in [0.4, 0.5) is 4.79 Å². The van der Waals surface area contributed by atoms with Crippen LogP contribution in [0.5, 0.6) is 11.5 Å². The van der Waals surface area contributed by atoms with E-state index in [1.807, 2.05) is 25.7 Å². The molecule has 2 aromatic carbocycles. The molecule has 0 bridgehead atoms. The SMILES string of the molecule is CC(C)(C)OC(=O)N1CCC2(CC1)CN(C(c1ccc3c(c1)COCO3)c1ccc3c(c1)COCO3)C2. The van der Waals surface area contributed by atoms with Gasteiger partial charge in [0.1, 0.15) is 17.1 Å². The third kappa shape index (κ3) is 5.02. The Balaban J connectivity index is 1.21. The minimum absolute atomic E-state index is 0.106. The highest BCUT2D eigenvalue weighted by molar-refractivity contribution is 5.68. The standard InChI is InChI=1S/C29H36N2O6/c1-28(2,3)37-27(32)30-10-8-29(9-11-30)16-31(17-29)26(20-4-6-24-22(12-20)14-33-18-35-24)21-5-7-25-23(13-21)15-34-19-36-25/h4-7,12-13,26H,8-11,14-19H2,1-3H3. The van der Waals surface area contributed by atoms with Crippen LogP contribution in [0.1, 0.15) is 61.9 Å². The summed E-state index contributed by atoms with van der Waals surface area (Å²) in [6.07, 6.45) is 1.79. The molecule has 2 saturated heterocycles. The predicted octanol–water partition coefficient (Wildman–Crippen LogP) is 4.84. The highest BCUT2D eigenvalue weighted by atomic mass is 16.7. The molecule has 0 aromatic heterocycles. The molecule has 1 amide bonds. The van der Waals surface area contributed by atoms with Crippen molar-refractivity contribution >= 4 is 6.09 Å². The molecule has 2 aromatic rings. The molecule has 4 aliphatic rings. The van der Waals surface area contributed by atoms with E-state index in [0.717, 1.165) is 61.6 Å². The van der Waals surface area contributed by atoms with Gasteiger partial charge in [-0.05, 0) is 74.4 Å². The summed E-state index contributed by atoms with van der Waals surface area (Å²) >= 11 is 0. The summed E-state index contributed by atoms with van der Waals surface area (Å²) in [5, 5.41) is 0. The first-order valence-corrected chi connectivity index (χ1v) is 13.2. The largest absolute Gasteiger partial charge is 0.467 e. The molecule has 0 N–H and O–H groups in total. The van der Waals surface area contributed by atoms with Crippen molar-refractivity contribution in [3.05, 3.63) is 58.7 Å². The molecular formula is C29H36N2O6. The number of carbonyl (C=O) groups is 1. The minimum atomic E-state index is -0.470. The molecule has 0 aliphatic carbocycles. The van der Waals surface area contributed by atoms with Crippen LogP contribution in [0.3, 0.4) is 0 Å². The average Bonchev–Trinajstić information content (AvgIpc) is 2.87. The fraction of sp³-hybridized carbons (Fsp3) is 0.552.